The van der Waals surface area contributed by atoms with Crippen molar-refractivity contribution in [3.63, 3.8) is 0 Å². The molecule has 6 rings (SSSR count). The minimum absolute atomic E-state index is 0.121. The molecule has 4 aromatic rings. The second-order valence-corrected chi connectivity index (χ2v) is 13.6. The number of nitrogens with one attached hydrogen (secondary N) is 1. The molecule has 47 heavy (non-hydrogen) atoms. The lowest BCUT2D eigenvalue weighted by Crippen LogP contribution is -2.32. The zero-order valence-corrected chi connectivity index (χ0v) is 29.1. The first-order valence-corrected chi connectivity index (χ1v) is 17.7. The van der Waals surface area contributed by atoms with Crippen molar-refractivity contribution in [3.8, 4) is 11.5 Å². The molecule has 0 saturated heterocycles. The number of benzene rings is 3. The van der Waals surface area contributed by atoms with Crippen molar-refractivity contribution in [1.29, 1.82) is 0 Å². The molecule has 246 valence electrons. The molecule has 1 aliphatic carbocycles. The Hall–Kier alpha value is -3.83. The van der Waals surface area contributed by atoms with Crippen LogP contribution in [0.1, 0.15) is 74.2 Å². The highest BCUT2D eigenvalue weighted by Gasteiger charge is 2.37. The second-order valence-electron chi connectivity index (χ2n) is 11.8. The lowest BCUT2D eigenvalue weighted by molar-refractivity contribution is -0.146. The number of rotatable bonds is 11. The largest absolute Gasteiger partial charge is 0.490 e. The minimum atomic E-state index is -0.667. The number of aryl methyl sites for hydroxylation is 1. The van der Waals surface area contributed by atoms with Crippen LogP contribution in [0.3, 0.4) is 0 Å². The molecule has 2 aliphatic rings. The summed E-state index contributed by atoms with van der Waals surface area (Å²) in [4.78, 5) is 18.7. The van der Waals surface area contributed by atoms with E-state index in [0.717, 1.165) is 43.2 Å². The van der Waals surface area contributed by atoms with E-state index in [0.29, 0.717) is 62.9 Å². The van der Waals surface area contributed by atoms with Gasteiger partial charge >= 0.3 is 5.97 Å². The van der Waals surface area contributed by atoms with Crippen LogP contribution in [-0.2, 0) is 21.9 Å². The molecule has 0 bridgehead atoms. The van der Waals surface area contributed by atoms with Crippen LogP contribution in [0.2, 0.25) is 0 Å². The Labute approximate surface area is 287 Å². The van der Waals surface area contributed by atoms with Crippen LogP contribution in [0, 0.1) is 12.7 Å². The zero-order valence-electron chi connectivity index (χ0n) is 26.7. The Bertz CT molecular complexity index is 1770. The number of hydrogen-bond donors (Lipinski definition) is 1. The molecule has 1 N–H and O–H groups in total. The molecule has 1 saturated carbocycles. The Morgan fingerprint density at radius 3 is 2.57 bits per heavy atom. The van der Waals surface area contributed by atoms with Crippen molar-refractivity contribution in [2.24, 2.45) is 0 Å². The van der Waals surface area contributed by atoms with E-state index in [1.807, 2.05) is 44.2 Å². The monoisotopic (exact) mass is 720 g/mol. The maximum Gasteiger partial charge on any atom is 0.338 e. The van der Waals surface area contributed by atoms with Crippen LogP contribution in [0.4, 0.5) is 10.3 Å². The summed E-state index contributed by atoms with van der Waals surface area (Å²) < 4.78 is 35.3. The molecule has 8 nitrogen and oxygen atoms in total. The van der Waals surface area contributed by atoms with Crippen LogP contribution in [0.15, 0.2) is 81.6 Å². The van der Waals surface area contributed by atoms with E-state index in [2.05, 4.69) is 40.3 Å². The summed E-state index contributed by atoms with van der Waals surface area (Å²) in [6.45, 7) is 6.60. The summed E-state index contributed by atoms with van der Waals surface area (Å²) >= 11 is 5.06. The number of allylic oxidation sites excluding steroid dienone is 1. The van der Waals surface area contributed by atoms with E-state index >= 15 is 0 Å². The number of carbonyl (C=O) groups is 1. The maximum absolute atomic E-state index is 14.4. The summed E-state index contributed by atoms with van der Waals surface area (Å²) in [6, 6.07) is 18.0. The fourth-order valence-electron chi connectivity index (χ4n) is 5.91. The third-order valence-electron chi connectivity index (χ3n) is 8.34. The van der Waals surface area contributed by atoms with Gasteiger partial charge in [0.2, 0.25) is 11.1 Å². The number of carbonyl (C=O) groups excluding carboxylic acids is 1. The molecule has 2 heterocycles. The molecule has 1 atom stereocenters. The van der Waals surface area contributed by atoms with Gasteiger partial charge in [0.25, 0.3) is 0 Å². The van der Waals surface area contributed by atoms with E-state index in [-0.39, 0.29) is 17.9 Å². The van der Waals surface area contributed by atoms with Gasteiger partial charge < -0.3 is 19.5 Å². The third kappa shape index (κ3) is 7.67. The summed E-state index contributed by atoms with van der Waals surface area (Å²) in [6.07, 6.45) is 4.83. The third-order valence-corrected chi connectivity index (χ3v) is 9.82. The quantitative estimate of drug-likeness (QED) is 0.121. The zero-order chi connectivity index (χ0) is 32.9. The summed E-state index contributed by atoms with van der Waals surface area (Å²) in [7, 11) is 0. The molecule has 1 aliphatic heterocycles. The summed E-state index contributed by atoms with van der Waals surface area (Å²) in [5.74, 6) is 1.28. The average Bonchev–Trinajstić information content (AvgIpc) is 3.47. The van der Waals surface area contributed by atoms with Crippen molar-refractivity contribution in [3.05, 3.63) is 104 Å². The first-order chi connectivity index (χ1) is 22.8. The van der Waals surface area contributed by atoms with Gasteiger partial charge in [-0.15, -0.1) is 5.10 Å². The number of aromatic nitrogens is 3. The molecule has 1 aromatic heterocycles. The Morgan fingerprint density at radius 1 is 1.06 bits per heavy atom. The molecule has 0 amide bonds. The molecule has 1 fully saturated rings. The fourth-order valence-corrected chi connectivity index (χ4v) is 7.30. The molecular weight excluding hydrogens is 683 g/mol. The van der Waals surface area contributed by atoms with Gasteiger partial charge in [-0.25, -0.2) is 13.9 Å². The standard InChI is InChI=1S/C36H38BrFN4O4S/c1-4-44-30-19-26(18-28(37)33(30)45-20-24-16-14-22(2)15-17-24)32-31(34(43)46-27-11-6-5-7-12-27)23(3)39-35-40-36(41-42(32)35)47-21-25-10-8-9-13-29(25)38/h8-10,13-19,27,32H,4-7,11-12,20-21H2,1-3H3,(H,39,40,41). The predicted molar refractivity (Wildman–Crippen MR) is 184 cm³/mol. The predicted octanol–water partition coefficient (Wildman–Crippen LogP) is 8.92. The van der Waals surface area contributed by atoms with E-state index in [4.69, 9.17) is 24.3 Å². The Kier molecular flexibility index (Phi) is 10.5. The van der Waals surface area contributed by atoms with Gasteiger partial charge in [0.15, 0.2) is 11.5 Å². The average molecular weight is 722 g/mol. The fraction of sp³-hybridized carbons (Fsp3) is 0.361. The lowest BCUT2D eigenvalue weighted by atomic mass is 9.94. The molecule has 0 spiro atoms. The number of halogens is 2. The number of fused-ring (bicyclic) bond motifs is 1. The Morgan fingerprint density at radius 2 is 1.83 bits per heavy atom. The molecule has 1 unspecified atom stereocenters. The number of ether oxygens (including phenoxy) is 3. The van der Waals surface area contributed by atoms with E-state index in [1.54, 1.807) is 16.8 Å². The minimum Gasteiger partial charge on any atom is -0.490 e. The number of esters is 1. The SMILES string of the molecule is CCOc1cc(C2C(C(=O)OC3CCCCC3)=C(C)Nc3nc(SCc4ccccc4F)nn32)cc(Br)c1OCc1ccc(C)cc1. The van der Waals surface area contributed by atoms with Crippen molar-refractivity contribution >= 4 is 39.6 Å². The van der Waals surface area contributed by atoms with Gasteiger partial charge in [-0.05, 0) is 97.3 Å². The molecule has 3 aromatic carbocycles. The van der Waals surface area contributed by atoms with Crippen LogP contribution in [0.25, 0.3) is 0 Å². The first-order valence-electron chi connectivity index (χ1n) is 16.0. The Balaban J connectivity index is 1.36. The van der Waals surface area contributed by atoms with Crippen molar-refractivity contribution in [2.45, 2.75) is 82.5 Å². The topological polar surface area (TPSA) is 87.5 Å². The van der Waals surface area contributed by atoms with Gasteiger partial charge in [0.1, 0.15) is 24.6 Å². The number of nitrogens with zero attached hydrogens (tertiary/aromatic N) is 3. The second kappa shape index (κ2) is 14.9. The van der Waals surface area contributed by atoms with Gasteiger partial charge in [0, 0.05) is 11.4 Å². The van der Waals surface area contributed by atoms with E-state index in [1.165, 1.54) is 23.4 Å². The normalized spacial score (nSPS) is 16.4. The van der Waals surface area contributed by atoms with E-state index in [9.17, 15) is 9.18 Å². The van der Waals surface area contributed by atoms with Gasteiger partial charge in [0.05, 0.1) is 16.7 Å². The highest BCUT2D eigenvalue weighted by molar-refractivity contribution is 9.10. The van der Waals surface area contributed by atoms with Gasteiger partial charge in [-0.1, -0.05) is 66.2 Å². The number of thioether (sulfide) groups is 1. The first kappa shape index (κ1) is 33.1. The number of hydrogen-bond acceptors (Lipinski definition) is 8. The molecule has 0 radical (unpaired) electrons. The summed E-state index contributed by atoms with van der Waals surface area (Å²) in [5.41, 5.74) is 4.60. The van der Waals surface area contributed by atoms with Crippen molar-refractivity contribution in [2.75, 3.05) is 11.9 Å². The number of anilines is 1. The highest BCUT2D eigenvalue weighted by atomic mass is 79.9. The van der Waals surface area contributed by atoms with Crippen LogP contribution < -0.4 is 14.8 Å². The maximum atomic E-state index is 14.4. The van der Waals surface area contributed by atoms with Crippen molar-refractivity contribution in [1.82, 2.24) is 14.8 Å². The molecular formula is C36H38BrFN4O4S. The van der Waals surface area contributed by atoms with Crippen LogP contribution in [0.5, 0.6) is 11.5 Å². The summed E-state index contributed by atoms with van der Waals surface area (Å²) in [5, 5.41) is 8.57. The van der Waals surface area contributed by atoms with Gasteiger partial charge in [-0.2, -0.15) is 4.98 Å². The smallest absolute Gasteiger partial charge is 0.338 e. The lowest BCUT2D eigenvalue weighted by Gasteiger charge is -2.30. The van der Waals surface area contributed by atoms with Crippen LogP contribution in [-0.4, -0.2) is 33.4 Å². The highest BCUT2D eigenvalue weighted by Crippen LogP contribution is 2.44. The molecule has 11 heteroatoms. The van der Waals surface area contributed by atoms with Crippen LogP contribution >= 0.6 is 27.7 Å². The van der Waals surface area contributed by atoms with E-state index < -0.39 is 6.04 Å². The van der Waals surface area contributed by atoms with Crippen molar-refractivity contribution < 1.29 is 23.4 Å². The van der Waals surface area contributed by atoms with Gasteiger partial charge in [-0.3, -0.25) is 0 Å².